The minimum absolute atomic E-state index is 0.0519. The van der Waals surface area contributed by atoms with Crippen LogP contribution in [0.4, 0.5) is 5.69 Å². The van der Waals surface area contributed by atoms with Crippen molar-refractivity contribution in [2.24, 2.45) is 0 Å². The average molecular weight is 352 g/mol. The highest BCUT2D eigenvalue weighted by molar-refractivity contribution is 7.89. The molecule has 2 rings (SSSR count). The molecule has 0 aromatic heterocycles. The maximum absolute atomic E-state index is 12.8. The number of halogens is 2. The first kappa shape index (κ1) is 16.8. The fourth-order valence-electron chi connectivity index (χ4n) is 2.63. The van der Waals surface area contributed by atoms with Gasteiger partial charge in [0.15, 0.2) is 0 Å². The summed E-state index contributed by atoms with van der Waals surface area (Å²) < 4.78 is 27.0. The van der Waals surface area contributed by atoms with E-state index < -0.39 is 10.0 Å². The summed E-state index contributed by atoms with van der Waals surface area (Å²) in [5.41, 5.74) is 5.89. The van der Waals surface area contributed by atoms with Gasteiger partial charge in [0.05, 0.1) is 10.7 Å². The number of nitrogen functional groups attached to an aromatic ring is 1. The summed E-state index contributed by atoms with van der Waals surface area (Å²) >= 11 is 11.9. The van der Waals surface area contributed by atoms with E-state index >= 15 is 0 Å². The van der Waals surface area contributed by atoms with Crippen LogP contribution in [0.15, 0.2) is 17.0 Å². The van der Waals surface area contributed by atoms with Crippen LogP contribution in [0.25, 0.3) is 0 Å². The van der Waals surface area contributed by atoms with E-state index in [1.807, 2.05) is 7.05 Å². The Bertz CT molecular complexity index is 613. The van der Waals surface area contributed by atoms with Gasteiger partial charge in [0, 0.05) is 24.7 Å². The van der Waals surface area contributed by atoms with Crippen LogP contribution in [0.5, 0.6) is 0 Å². The van der Waals surface area contributed by atoms with Crippen molar-refractivity contribution in [1.82, 2.24) is 9.21 Å². The monoisotopic (exact) mass is 351 g/mol. The summed E-state index contributed by atoms with van der Waals surface area (Å²) in [6, 6.07) is 2.72. The normalized spacial score (nSPS) is 20.9. The van der Waals surface area contributed by atoms with Gasteiger partial charge < -0.3 is 10.6 Å². The van der Waals surface area contributed by atoms with E-state index in [1.54, 1.807) is 7.05 Å². The molecule has 5 nitrogen and oxygen atoms in total. The van der Waals surface area contributed by atoms with E-state index in [1.165, 1.54) is 16.4 Å². The lowest BCUT2D eigenvalue weighted by Crippen LogP contribution is -2.47. The number of nitrogens with zero attached hydrogens (tertiary/aromatic N) is 2. The van der Waals surface area contributed by atoms with Gasteiger partial charge in [0.25, 0.3) is 0 Å². The minimum Gasteiger partial charge on any atom is -0.398 e. The number of hydrogen-bond acceptors (Lipinski definition) is 4. The number of hydrogen-bond donors (Lipinski definition) is 1. The van der Waals surface area contributed by atoms with Crippen LogP contribution in [0.2, 0.25) is 10.0 Å². The summed E-state index contributed by atoms with van der Waals surface area (Å²) in [6.45, 7) is 1.68. The molecule has 118 valence electrons. The van der Waals surface area contributed by atoms with Crippen molar-refractivity contribution in [3.63, 3.8) is 0 Å². The Morgan fingerprint density at radius 1 is 1.38 bits per heavy atom. The second-order valence-corrected chi connectivity index (χ2v) is 8.16. The Labute approximate surface area is 135 Å². The quantitative estimate of drug-likeness (QED) is 0.848. The summed E-state index contributed by atoms with van der Waals surface area (Å²) in [6.07, 6.45) is 1.79. The first-order valence-electron chi connectivity index (χ1n) is 6.64. The zero-order valence-corrected chi connectivity index (χ0v) is 14.3. The van der Waals surface area contributed by atoms with Crippen molar-refractivity contribution in [3.8, 4) is 0 Å². The third kappa shape index (κ3) is 3.46. The van der Waals surface area contributed by atoms with Crippen LogP contribution >= 0.6 is 23.2 Å². The topological polar surface area (TPSA) is 66.6 Å². The van der Waals surface area contributed by atoms with Gasteiger partial charge in [0.1, 0.15) is 4.90 Å². The molecule has 1 aliphatic heterocycles. The van der Waals surface area contributed by atoms with E-state index in [9.17, 15) is 8.42 Å². The zero-order chi connectivity index (χ0) is 15.8. The maximum atomic E-state index is 12.8. The largest absolute Gasteiger partial charge is 0.398 e. The predicted molar refractivity (Wildman–Crippen MR) is 86.3 cm³/mol. The van der Waals surface area contributed by atoms with Gasteiger partial charge in [0.2, 0.25) is 10.0 Å². The van der Waals surface area contributed by atoms with Crippen molar-refractivity contribution in [3.05, 3.63) is 22.2 Å². The third-order valence-electron chi connectivity index (χ3n) is 3.79. The standard InChI is InChI=1S/C13H19Cl2N3O2S/c1-17-5-3-4-10(8-17)18(2)21(19,20)13-11(15)6-9(14)7-12(13)16/h6-7,10H,3-5,8,16H2,1-2H3. The molecule has 1 saturated heterocycles. The van der Waals surface area contributed by atoms with Crippen LogP contribution in [-0.2, 0) is 10.0 Å². The number of likely N-dealkylation sites (tertiary alicyclic amines) is 1. The van der Waals surface area contributed by atoms with Gasteiger partial charge in [-0.1, -0.05) is 23.2 Å². The number of benzene rings is 1. The van der Waals surface area contributed by atoms with Gasteiger partial charge >= 0.3 is 0 Å². The van der Waals surface area contributed by atoms with Gasteiger partial charge in [-0.15, -0.1) is 0 Å². The van der Waals surface area contributed by atoms with Crippen molar-refractivity contribution >= 4 is 38.9 Å². The van der Waals surface area contributed by atoms with Crippen molar-refractivity contribution < 1.29 is 8.42 Å². The second kappa shape index (κ2) is 6.30. The van der Waals surface area contributed by atoms with Crippen molar-refractivity contribution in [2.45, 2.75) is 23.8 Å². The number of sulfonamides is 1. The molecule has 0 radical (unpaired) electrons. The lowest BCUT2D eigenvalue weighted by Gasteiger charge is -2.35. The second-order valence-electron chi connectivity index (χ2n) is 5.39. The van der Waals surface area contributed by atoms with Crippen molar-refractivity contribution in [2.75, 3.05) is 32.9 Å². The minimum atomic E-state index is -3.75. The first-order valence-corrected chi connectivity index (χ1v) is 8.84. The smallest absolute Gasteiger partial charge is 0.246 e. The number of likely N-dealkylation sites (N-methyl/N-ethyl adjacent to an activating group) is 2. The Balaban J connectivity index is 2.38. The molecule has 1 unspecified atom stereocenters. The molecule has 1 aliphatic rings. The molecule has 0 amide bonds. The Morgan fingerprint density at radius 3 is 2.62 bits per heavy atom. The SMILES string of the molecule is CN1CCCC(N(C)S(=O)(=O)c2c(N)cc(Cl)cc2Cl)C1. The molecule has 2 N–H and O–H groups in total. The molecule has 1 fully saturated rings. The molecular weight excluding hydrogens is 333 g/mol. The van der Waals surface area contributed by atoms with Gasteiger partial charge in [-0.05, 0) is 38.6 Å². The van der Waals surface area contributed by atoms with Crippen LogP contribution in [0.3, 0.4) is 0 Å². The zero-order valence-electron chi connectivity index (χ0n) is 12.0. The summed E-state index contributed by atoms with van der Waals surface area (Å²) in [4.78, 5) is 2.05. The Morgan fingerprint density at radius 2 is 2.05 bits per heavy atom. The summed E-state index contributed by atoms with van der Waals surface area (Å²) in [5.74, 6) is 0. The number of nitrogens with two attached hydrogens (primary N) is 1. The lowest BCUT2D eigenvalue weighted by molar-refractivity contribution is 0.187. The molecule has 21 heavy (non-hydrogen) atoms. The number of anilines is 1. The van der Waals surface area contributed by atoms with E-state index in [2.05, 4.69) is 4.90 Å². The molecule has 1 aromatic rings. The fourth-order valence-corrected chi connectivity index (χ4v) is 4.94. The highest BCUT2D eigenvalue weighted by Gasteiger charge is 2.33. The third-order valence-corrected chi connectivity index (χ3v) is 6.44. The molecule has 0 saturated carbocycles. The lowest BCUT2D eigenvalue weighted by atomic mass is 10.1. The van der Waals surface area contributed by atoms with Gasteiger partial charge in [-0.25, -0.2) is 8.42 Å². The molecule has 8 heteroatoms. The van der Waals surface area contributed by atoms with E-state index in [4.69, 9.17) is 28.9 Å². The fraction of sp³-hybridized carbons (Fsp3) is 0.538. The van der Waals surface area contributed by atoms with E-state index in [-0.39, 0.29) is 21.6 Å². The van der Waals surface area contributed by atoms with Crippen LogP contribution in [0, 0.1) is 0 Å². The summed E-state index contributed by atoms with van der Waals surface area (Å²) in [7, 11) is -0.194. The molecule has 0 spiro atoms. The molecule has 0 aliphatic carbocycles. The molecule has 1 heterocycles. The molecule has 1 aromatic carbocycles. The molecular formula is C13H19Cl2N3O2S. The highest BCUT2D eigenvalue weighted by Crippen LogP contribution is 2.34. The van der Waals surface area contributed by atoms with E-state index in [0.29, 0.717) is 11.6 Å². The van der Waals surface area contributed by atoms with Gasteiger partial charge in [-0.2, -0.15) is 4.31 Å². The molecule has 1 atom stereocenters. The number of piperidine rings is 1. The van der Waals surface area contributed by atoms with Crippen molar-refractivity contribution in [1.29, 1.82) is 0 Å². The predicted octanol–water partition coefficient (Wildman–Crippen LogP) is 2.29. The van der Waals surface area contributed by atoms with Gasteiger partial charge in [-0.3, -0.25) is 0 Å². The van der Waals surface area contributed by atoms with E-state index in [0.717, 1.165) is 19.4 Å². The number of rotatable bonds is 3. The van der Waals surface area contributed by atoms with Crippen LogP contribution < -0.4 is 5.73 Å². The summed E-state index contributed by atoms with van der Waals surface area (Å²) in [5, 5.41) is 0.368. The highest BCUT2D eigenvalue weighted by atomic mass is 35.5. The Hall–Kier alpha value is -0.530. The Kier molecular flexibility index (Phi) is 5.05. The molecule has 0 bridgehead atoms. The van der Waals surface area contributed by atoms with Crippen LogP contribution in [0.1, 0.15) is 12.8 Å². The maximum Gasteiger partial charge on any atom is 0.246 e. The van der Waals surface area contributed by atoms with Crippen LogP contribution in [-0.4, -0.2) is 50.8 Å². The first-order chi connectivity index (χ1) is 9.73. The average Bonchev–Trinajstić information content (AvgIpc) is 2.36.